The van der Waals surface area contributed by atoms with E-state index >= 15 is 0 Å². The zero-order valence-corrected chi connectivity index (χ0v) is 23.0. The van der Waals surface area contributed by atoms with E-state index in [1.807, 2.05) is 20.8 Å². The molecule has 0 radical (unpaired) electrons. The van der Waals surface area contributed by atoms with Gasteiger partial charge in [-0.3, -0.25) is 9.13 Å². The average molecular weight is 531 g/mol. The first kappa shape index (κ1) is 23.5. The number of benzene rings is 4. The Bertz CT molecular complexity index is 2040. The number of hydrogen-bond acceptors (Lipinski definition) is 4. The molecule has 0 aliphatic rings. The summed E-state index contributed by atoms with van der Waals surface area (Å²) in [7, 11) is 0. The third-order valence-electron chi connectivity index (χ3n) is 7.93. The fourth-order valence-corrected chi connectivity index (χ4v) is 6.33. The Hall–Kier alpha value is -5.36. The first-order valence-corrected chi connectivity index (χ1v) is 13.8. The molecule has 0 aliphatic heterocycles. The van der Waals surface area contributed by atoms with Crippen molar-refractivity contribution in [1.29, 1.82) is 0 Å². The fourth-order valence-electron chi connectivity index (χ4n) is 6.33. The van der Waals surface area contributed by atoms with Gasteiger partial charge in [-0.2, -0.15) is 4.98 Å². The molecule has 196 valence electrons. The highest BCUT2D eigenvalue weighted by atomic mass is 15.2. The van der Waals surface area contributed by atoms with Crippen LogP contribution in [0.4, 0.5) is 0 Å². The van der Waals surface area contributed by atoms with Gasteiger partial charge in [0.05, 0.1) is 39.1 Å². The van der Waals surface area contributed by atoms with E-state index in [1.54, 1.807) is 0 Å². The smallest absolute Gasteiger partial charge is 0.237 e. The van der Waals surface area contributed by atoms with Gasteiger partial charge in [-0.15, -0.1) is 0 Å². The number of hydrogen-bond donors (Lipinski definition) is 0. The Morgan fingerprint density at radius 1 is 0.463 bits per heavy atom. The molecule has 0 saturated carbocycles. The molecule has 4 aromatic carbocycles. The Morgan fingerprint density at radius 2 is 0.878 bits per heavy atom. The lowest BCUT2D eigenvalue weighted by molar-refractivity contribution is 0.939. The van der Waals surface area contributed by atoms with Gasteiger partial charge in [0, 0.05) is 33.2 Å². The van der Waals surface area contributed by atoms with Crippen LogP contribution in [-0.2, 0) is 0 Å². The molecule has 0 unspecified atom stereocenters. The first-order valence-electron chi connectivity index (χ1n) is 13.8. The zero-order chi connectivity index (χ0) is 27.7. The highest BCUT2D eigenvalue weighted by molar-refractivity contribution is 6.10. The summed E-state index contributed by atoms with van der Waals surface area (Å²) in [5.41, 5.74) is 7.84. The molecular formula is C35H26N6. The number of rotatable bonds is 3. The van der Waals surface area contributed by atoms with E-state index in [9.17, 15) is 0 Å². The Morgan fingerprint density at radius 3 is 1.34 bits per heavy atom. The number of aromatic nitrogens is 6. The van der Waals surface area contributed by atoms with Crippen molar-refractivity contribution in [2.45, 2.75) is 20.8 Å². The van der Waals surface area contributed by atoms with Crippen LogP contribution in [-0.4, -0.2) is 29.1 Å². The third-order valence-corrected chi connectivity index (χ3v) is 7.93. The molecule has 6 nitrogen and oxygen atoms in total. The molecule has 0 fully saturated rings. The molecule has 4 aromatic heterocycles. The van der Waals surface area contributed by atoms with Crippen molar-refractivity contribution in [3.63, 3.8) is 0 Å². The summed E-state index contributed by atoms with van der Waals surface area (Å²) in [5, 5.41) is 4.71. The molecule has 41 heavy (non-hydrogen) atoms. The van der Waals surface area contributed by atoms with Gasteiger partial charge in [-0.1, -0.05) is 72.8 Å². The maximum Gasteiger partial charge on any atom is 0.237 e. The molecule has 0 saturated heterocycles. The number of para-hydroxylation sites is 4. The van der Waals surface area contributed by atoms with Gasteiger partial charge in [0.15, 0.2) is 0 Å². The monoisotopic (exact) mass is 530 g/mol. The molecule has 8 rings (SSSR count). The summed E-state index contributed by atoms with van der Waals surface area (Å²) < 4.78 is 4.41. The van der Waals surface area contributed by atoms with Crippen LogP contribution in [0.15, 0.2) is 103 Å². The standard InChI is InChI=1S/C35H26N6/c1-21-34(22(2)37-23(3)36-21)28-20-33(40-29-16-8-4-12-24(29)25-13-5-9-17-30(25)40)39-35(38-28)41-31-18-10-6-14-26(31)27-15-7-11-19-32(27)41/h4-20H,1-3H3. The topological polar surface area (TPSA) is 61.4 Å². The predicted octanol–water partition coefficient (Wildman–Crippen LogP) is 8.05. The Kier molecular flexibility index (Phi) is 5.06. The minimum absolute atomic E-state index is 0.608. The SMILES string of the molecule is Cc1nc(C)c(-c2cc(-n3c4ccccc4c4ccccc43)nc(-n3c4ccccc4c4ccccc43)n2)c(C)n1. The summed E-state index contributed by atoms with van der Waals surface area (Å²) in [4.78, 5) is 19.9. The van der Waals surface area contributed by atoms with Crippen molar-refractivity contribution in [1.82, 2.24) is 29.1 Å². The normalized spacial score (nSPS) is 11.8. The lowest BCUT2D eigenvalue weighted by atomic mass is 10.1. The van der Waals surface area contributed by atoms with E-state index in [0.717, 1.165) is 56.4 Å². The maximum atomic E-state index is 5.30. The van der Waals surface area contributed by atoms with E-state index in [1.165, 1.54) is 21.5 Å². The molecule has 8 aromatic rings. The van der Waals surface area contributed by atoms with Crippen molar-refractivity contribution in [2.75, 3.05) is 0 Å². The second-order valence-electron chi connectivity index (χ2n) is 10.5. The molecule has 0 atom stereocenters. The van der Waals surface area contributed by atoms with Crippen LogP contribution in [0.3, 0.4) is 0 Å². The van der Waals surface area contributed by atoms with Crippen LogP contribution in [0.5, 0.6) is 0 Å². The average Bonchev–Trinajstić information content (AvgIpc) is 3.50. The number of fused-ring (bicyclic) bond motifs is 6. The van der Waals surface area contributed by atoms with Crippen LogP contribution in [0.2, 0.25) is 0 Å². The predicted molar refractivity (Wildman–Crippen MR) is 166 cm³/mol. The van der Waals surface area contributed by atoms with Crippen molar-refractivity contribution >= 4 is 43.6 Å². The van der Waals surface area contributed by atoms with E-state index in [-0.39, 0.29) is 0 Å². The highest BCUT2D eigenvalue weighted by Crippen LogP contribution is 2.35. The first-order chi connectivity index (χ1) is 20.1. The number of aryl methyl sites for hydroxylation is 3. The Labute approximate surface area is 236 Å². The largest absolute Gasteiger partial charge is 0.294 e. The molecule has 0 bridgehead atoms. The summed E-state index contributed by atoms with van der Waals surface area (Å²) in [6.45, 7) is 5.98. The van der Waals surface area contributed by atoms with Crippen molar-refractivity contribution < 1.29 is 0 Å². The molecule has 0 amide bonds. The summed E-state index contributed by atoms with van der Waals surface area (Å²) in [6.07, 6.45) is 0. The van der Waals surface area contributed by atoms with Gasteiger partial charge in [0.2, 0.25) is 5.95 Å². The fraction of sp³-hybridized carbons (Fsp3) is 0.0857. The second-order valence-corrected chi connectivity index (χ2v) is 10.5. The molecule has 0 spiro atoms. The van der Waals surface area contributed by atoms with Gasteiger partial charge >= 0.3 is 0 Å². The highest BCUT2D eigenvalue weighted by Gasteiger charge is 2.21. The van der Waals surface area contributed by atoms with Crippen LogP contribution in [0, 0.1) is 20.8 Å². The maximum absolute atomic E-state index is 5.30. The second kappa shape index (κ2) is 8.83. The summed E-state index contributed by atoms with van der Waals surface area (Å²) in [5.74, 6) is 2.16. The molecule has 0 N–H and O–H groups in total. The van der Waals surface area contributed by atoms with E-state index in [4.69, 9.17) is 19.9 Å². The molecule has 0 aliphatic carbocycles. The lowest BCUT2D eigenvalue weighted by Crippen LogP contribution is -2.09. The van der Waals surface area contributed by atoms with Crippen molar-refractivity contribution in [2.24, 2.45) is 0 Å². The Balaban J connectivity index is 1.53. The van der Waals surface area contributed by atoms with Gasteiger partial charge in [0.1, 0.15) is 11.6 Å². The minimum Gasteiger partial charge on any atom is -0.294 e. The van der Waals surface area contributed by atoms with E-state index < -0.39 is 0 Å². The van der Waals surface area contributed by atoms with Crippen molar-refractivity contribution in [3.8, 4) is 23.0 Å². The molecule has 6 heteroatoms. The van der Waals surface area contributed by atoms with Crippen LogP contribution < -0.4 is 0 Å². The molecule has 4 heterocycles. The molecular weight excluding hydrogens is 504 g/mol. The van der Waals surface area contributed by atoms with Crippen molar-refractivity contribution in [3.05, 3.63) is 120 Å². The lowest BCUT2D eigenvalue weighted by Gasteiger charge is -2.15. The number of nitrogens with zero attached hydrogens (tertiary/aromatic N) is 6. The minimum atomic E-state index is 0.608. The van der Waals surface area contributed by atoms with E-state index in [2.05, 4.69) is 112 Å². The van der Waals surface area contributed by atoms with Gasteiger partial charge < -0.3 is 0 Å². The van der Waals surface area contributed by atoms with Crippen LogP contribution >= 0.6 is 0 Å². The summed E-state index contributed by atoms with van der Waals surface area (Å²) >= 11 is 0. The third kappa shape index (κ3) is 3.50. The van der Waals surface area contributed by atoms with E-state index in [0.29, 0.717) is 5.95 Å². The van der Waals surface area contributed by atoms with Gasteiger partial charge in [0.25, 0.3) is 0 Å². The van der Waals surface area contributed by atoms with Crippen LogP contribution in [0.25, 0.3) is 66.6 Å². The van der Waals surface area contributed by atoms with Gasteiger partial charge in [-0.25, -0.2) is 15.0 Å². The van der Waals surface area contributed by atoms with Crippen LogP contribution in [0.1, 0.15) is 17.2 Å². The summed E-state index contributed by atoms with van der Waals surface area (Å²) in [6, 6.07) is 36.0. The quantitative estimate of drug-likeness (QED) is 0.232. The van der Waals surface area contributed by atoms with Gasteiger partial charge in [-0.05, 0) is 45.0 Å². The zero-order valence-electron chi connectivity index (χ0n) is 23.0.